The number of fused-ring (bicyclic) bond motifs is 1. The molecule has 0 fully saturated rings. The highest BCUT2D eigenvalue weighted by Crippen LogP contribution is 2.25. The Morgan fingerprint density at radius 2 is 1.82 bits per heavy atom. The number of carbonyl (C=O) groups is 1. The number of sulfonamides is 1. The maximum atomic E-state index is 13.5. The number of para-hydroxylation sites is 2. The molecule has 10 heteroatoms. The highest BCUT2D eigenvalue weighted by atomic mass is 32.2. The standard InChI is InChI=1S/C18H18F2N4O3S/c1-21-17(25)12-7-9-13(10-8-12)28(26,27)23(2)11-16-22-14-5-3-4-6-15(14)24(16)18(19)20/h3-10,18H,11H2,1-2H3,(H,21,25). The summed E-state index contributed by atoms with van der Waals surface area (Å²) in [4.78, 5) is 15.7. The van der Waals surface area contributed by atoms with Crippen LogP contribution in [0.3, 0.4) is 0 Å². The van der Waals surface area contributed by atoms with Gasteiger partial charge in [-0.3, -0.25) is 9.36 Å². The van der Waals surface area contributed by atoms with E-state index in [0.29, 0.717) is 11.1 Å². The summed E-state index contributed by atoms with van der Waals surface area (Å²) in [5.41, 5.74) is 0.898. The van der Waals surface area contributed by atoms with Gasteiger partial charge in [0.05, 0.1) is 22.5 Å². The molecule has 0 aliphatic rings. The Balaban J connectivity index is 1.92. The second-order valence-corrected chi connectivity index (χ2v) is 8.07. The number of carbonyl (C=O) groups excluding carboxylic acids is 1. The van der Waals surface area contributed by atoms with Gasteiger partial charge < -0.3 is 5.32 Å². The molecule has 0 atom stereocenters. The van der Waals surface area contributed by atoms with Gasteiger partial charge >= 0.3 is 6.55 Å². The number of amides is 1. The lowest BCUT2D eigenvalue weighted by Crippen LogP contribution is -2.28. The van der Waals surface area contributed by atoms with Crippen molar-refractivity contribution < 1.29 is 22.0 Å². The third-order valence-electron chi connectivity index (χ3n) is 4.28. The van der Waals surface area contributed by atoms with Crippen LogP contribution in [0.1, 0.15) is 22.7 Å². The molecule has 0 aliphatic heterocycles. The lowest BCUT2D eigenvalue weighted by molar-refractivity contribution is 0.0703. The van der Waals surface area contributed by atoms with Crippen molar-refractivity contribution in [2.75, 3.05) is 14.1 Å². The van der Waals surface area contributed by atoms with E-state index in [1.807, 2.05) is 0 Å². The summed E-state index contributed by atoms with van der Waals surface area (Å²) in [6.45, 7) is -3.19. The Kier molecular flexibility index (Phi) is 5.43. The number of hydrogen-bond donors (Lipinski definition) is 1. The predicted octanol–water partition coefficient (Wildman–Crippen LogP) is 2.61. The average Bonchev–Trinajstić information content (AvgIpc) is 3.05. The van der Waals surface area contributed by atoms with Crippen LogP contribution in [-0.4, -0.2) is 42.3 Å². The second kappa shape index (κ2) is 7.64. The molecule has 0 saturated heterocycles. The van der Waals surface area contributed by atoms with E-state index in [0.717, 1.165) is 8.87 Å². The Morgan fingerprint density at radius 3 is 2.43 bits per heavy atom. The summed E-state index contributed by atoms with van der Waals surface area (Å²) in [6, 6.07) is 11.7. The third-order valence-corrected chi connectivity index (χ3v) is 6.10. The van der Waals surface area contributed by atoms with Gasteiger partial charge in [0.1, 0.15) is 5.82 Å². The Labute approximate surface area is 160 Å². The van der Waals surface area contributed by atoms with Crippen LogP contribution in [0.4, 0.5) is 8.78 Å². The van der Waals surface area contributed by atoms with Crippen LogP contribution in [0, 0.1) is 0 Å². The van der Waals surface area contributed by atoms with E-state index < -0.39 is 16.6 Å². The number of imidazole rings is 1. The average molecular weight is 408 g/mol. The van der Waals surface area contributed by atoms with Crippen LogP contribution in [0.15, 0.2) is 53.4 Å². The summed E-state index contributed by atoms with van der Waals surface area (Å²) in [5, 5.41) is 2.44. The van der Waals surface area contributed by atoms with Gasteiger partial charge in [-0.2, -0.15) is 13.1 Å². The number of nitrogens with one attached hydrogen (secondary N) is 1. The lowest BCUT2D eigenvalue weighted by atomic mass is 10.2. The van der Waals surface area contributed by atoms with Crippen LogP contribution < -0.4 is 5.32 Å². The first-order chi connectivity index (χ1) is 13.3. The number of hydrogen-bond acceptors (Lipinski definition) is 4. The molecular weight excluding hydrogens is 390 g/mol. The normalized spacial score (nSPS) is 12.1. The quantitative estimate of drug-likeness (QED) is 0.680. The fourth-order valence-electron chi connectivity index (χ4n) is 2.81. The molecule has 0 radical (unpaired) electrons. The zero-order valence-corrected chi connectivity index (χ0v) is 16.0. The molecule has 28 heavy (non-hydrogen) atoms. The lowest BCUT2D eigenvalue weighted by Gasteiger charge is -2.18. The van der Waals surface area contributed by atoms with Gasteiger partial charge in [-0.15, -0.1) is 0 Å². The summed E-state index contributed by atoms with van der Waals surface area (Å²) in [5.74, 6) is -0.410. The van der Waals surface area contributed by atoms with Crippen molar-refractivity contribution in [2.24, 2.45) is 0 Å². The molecule has 0 bridgehead atoms. The van der Waals surface area contributed by atoms with Crippen molar-refractivity contribution in [1.29, 1.82) is 0 Å². The van der Waals surface area contributed by atoms with Crippen molar-refractivity contribution >= 4 is 27.0 Å². The number of alkyl halides is 2. The van der Waals surface area contributed by atoms with E-state index in [4.69, 9.17) is 0 Å². The monoisotopic (exact) mass is 408 g/mol. The minimum atomic E-state index is -3.96. The highest BCUT2D eigenvalue weighted by Gasteiger charge is 2.25. The fourth-order valence-corrected chi connectivity index (χ4v) is 3.94. The van der Waals surface area contributed by atoms with E-state index in [9.17, 15) is 22.0 Å². The van der Waals surface area contributed by atoms with Gasteiger partial charge in [0, 0.05) is 19.7 Å². The molecule has 148 valence electrons. The van der Waals surface area contributed by atoms with Crippen LogP contribution in [-0.2, 0) is 16.6 Å². The van der Waals surface area contributed by atoms with Crippen LogP contribution in [0.25, 0.3) is 11.0 Å². The van der Waals surface area contributed by atoms with Crippen molar-refractivity contribution in [1.82, 2.24) is 19.2 Å². The Hall–Kier alpha value is -2.85. The van der Waals surface area contributed by atoms with Crippen LogP contribution in [0.5, 0.6) is 0 Å². The van der Waals surface area contributed by atoms with Gasteiger partial charge in [0.15, 0.2) is 0 Å². The first-order valence-electron chi connectivity index (χ1n) is 8.28. The first kappa shape index (κ1) is 19.9. The van der Waals surface area contributed by atoms with Crippen molar-refractivity contribution in [3.05, 3.63) is 59.9 Å². The topological polar surface area (TPSA) is 84.3 Å². The number of nitrogens with zero attached hydrogens (tertiary/aromatic N) is 3. The van der Waals surface area contributed by atoms with E-state index in [2.05, 4.69) is 10.3 Å². The van der Waals surface area contributed by atoms with Crippen LogP contribution in [0.2, 0.25) is 0 Å². The molecule has 1 aromatic heterocycles. The van der Waals surface area contributed by atoms with Crippen molar-refractivity contribution in [3.8, 4) is 0 Å². The van der Waals surface area contributed by atoms with E-state index >= 15 is 0 Å². The Bertz CT molecular complexity index is 1110. The van der Waals surface area contributed by atoms with E-state index in [1.54, 1.807) is 18.2 Å². The molecule has 0 saturated carbocycles. The van der Waals surface area contributed by atoms with Gasteiger partial charge in [-0.1, -0.05) is 12.1 Å². The zero-order valence-electron chi connectivity index (χ0n) is 15.1. The summed E-state index contributed by atoms with van der Waals surface area (Å²) < 4.78 is 54.3. The minimum Gasteiger partial charge on any atom is -0.355 e. The maximum absolute atomic E-state index is 13.5. The largest absolute Gasteiger partial charge is 0.355 e. The van der Waals surface area contributed by atoms with Crippen molar-refractivity contribution in [3.63, 3.8) is 0 Å². The van der Waals surface area contributed by atoms with Gasteiger partial charge in [0.25, 0.3) is 5.91 Å². The van der Waals surface area contributed by atoms with Gasteiger partial charge in [0.2, 0.25) is 10.0 Å². The summed E-state index contributed by atoms with van der Waals surface area (Å²) in [6.07, 6.45) is 0. The summed E-state index contributed by atoms with van der Waals surface area (Å²) >= 11 is 0. The molecule has 0 unspecified atom stereocenters. The van der Waals surface area contributed by atoms with Crippen molar-refractivity contribution in [2.45, 2.75) is 18.0 Å². The van der Waals surface area contributed by atoms with E-state index in [-0.39, 0.29) is 28.7 Å². The molecule has 3 rings (SSSR count). The van der Waals surface area contributed by atoms with Gasteiger partial charge in [-0.25, -0.2) is 13.4 Å². The number of benzene rings is 2. The molecule has 1 amide bonds. The molecule has 1 N–H and O–H groups in total. The third kappa shape index (κ3) is 3.60. The second-order valence-electron chi connectivity index (χ2n) is 6.03. The molecule has 0 aliphatic carbocycles. The zero-order chi connectivity index (χ0) is 20.5. The summed E-state index contributed by atoms with van der Waals surface area (Å²) in [7, 11) is -1.21. The Morgan fingerprint density at radius 1 is 1.18 bits per heavy atom. The number of halogens is 2. The van der Waals surface area contributed by atoms with E-state index in [1.165, 1.54) is 44.4 Å². The number of rotatable bonds is 6. The first-order valence-corrected chi connectivity index (χ1v) is 9.72. The minimum absolute atomic E-state index is 0.0534. The predicted molar refractivity (Wildman–Crippen MR) is 99.5 cm³/mol. The molecule has 1 heterocycles. The molecule has 7 nitrogen and oxygen atoms in total. The fraction of sp³-hybridized carbons (Fsp3) is 0.222. The molecule has 0 spiro atoms. The maximum Gasteiger partial charge on any atom is 0.320 e. The number of aromatic nitrogens is 2. The van der Waals surface area contributed by atoms with Gasteiger partial charge in [-0.05, 0) is 36.4 Å². The molecule has 2 aromatic carbocycles. The van der Waals surface area contributed by atoms with Crippen LogP contribution >= 0.6 is 0 Å². The highest BCUT2D eigenvalue weighted by molar-refractivity contribution is 7.89. The molecular formula is C18H18F2N4O3S. The SMILES string of the molecule is CNC(=O)c1ccc(S(=O)(=O)N(C)Cc2nc3ccccc3n2C(F)F)cc1. The molecule has 3 aromatic rings. The smallest absolute Gasteiger partial charge is 0.320 e.